The number of fused-ring (bicyclic) bond motifs is 1. The van der Waals surface area contributed by atoms with Crippen molar-refractivity contribution in [2.45, 2.75) is 13.0 Å². The lowest BCUT2D eigenvalue weighted by Crippen LogP contribution is -2.14. The van der Waals surface area contributed by atoms with E-state index in [1.807, 2.05) is 0 Å². The van der Waals surface area contributed by atoms with Crippen molar-refractivity contribution in [3.8, 4) is 0 Å². The van der Waals surface area contributed by atoms with Crippen LogP contribution in [0.25, 0.3) is 10.8 Å². The summed E-state index contributed by atoms with van der Waals surface area (Å²) in [6.07, 6.45) is 1.42. The van der Waals surface area contributed by atoms with Gasteiger partial charge in [-0.2, -0.15) is 0 Å². The van der Waals surface area contributed by atoms with E-state index >= 15 is 0 Å². The highest BCUT2D eigenvalue weighted by Crippen LogP contribution is 2.23. The van der Waals surface area contributed by atoms with E-state index in [4.69, 9.17) is 5.73 Å². The average molecular weight is 224 g/mol. The zero-order valence-electron chi connectivity index (χ0n) is 8.55. The number of hydrogen-bond donors (Lipinski definition) is 2. The molecule has 0 aliphatic heterocycles. The maximum absolute atomic E-state index is 13.5. The van der Waals surface area contributed by atoms with Crippen molar-refractivity contribution < 1.29 is 8.78 Å². The molecule has 0 aliphatic carbocycles. The van der Waals surface area contributed by atoms with Crippen LogP contribution >= 0.6 is 0 Å². The van der Waals surface area contributed by atoms with Crippen LogP contribution in [0, 0.1) is 11.6 Å². The third kappa shape index (κ3) is 1.49. The molecule has 1 unspecified atom stereocenters. The lowest BCUT2D eigenvalue weighted by Gasteiger charge is -2.09. The highest BCUT2D eigenvalue weighted by atomic mass is 19.2. The summed E-state index contributed by atoms with van der Waals surface area (Å²) in [6, 6.07) is 1.98. The summed E-state index contributed by atoms with van der Waals surface area (Å²) < 4.78 is 26.5. The molecule has 0 aliphatic rings. The van der Waals surface area contributed by atoms with Gasteiger partial charge in [0.15, 0.2) is 11.6 Å². The average Bonchev–Trinajstić information content (AvgIpc) is 2.23. The van der Waals surface area contributed by atoms with Crippen molar-refractivity contribution in [1.29, 1.82) is 0 Å². The fourth-order valence-corrected chi connectivity index (χ4v) is 1.68. The Hall–Kier alpha value is -1.75. The molecule has 3 N–H and O–H groups in total. The van der Waals surface area contributed by atoms with Gasteiger partial charge in [-0.05, 0) is 23.9 Å². The summed E-state index contributed by atoms with van der Waals surface area (Å²) in [5, 5.41) is 0.0625. The molecule has 0 amide bonds. The first-order chi connectivity index (χ1) is 7.52. The number of hydrogen-bond acceptors (Lipinski definition) is 2. The van der Waals surface area contributed by atoms with E-state index in [9.17, 15) is 13.6 Å². The highest BCUT2D eigenvalue weighted by molar-refractivity contribution is 5.85. The molecule has 84 valence electrons. The van der Waals surface area contributed by atoms with E-state index < -0.39 is 17.2 Å². The molecule has 2 rings (SSSR count). The first-order valence-corrected chi connectivity index (χ1v) is 4.77. The monoisotopic (exact) mass is 224 g/mol. The van der Waals surface area contributed by atoms with Crippen molar-refractivity contribution in [3.05, 3.63) is 45.9 Å². The molecule has 1 atom stereocenters. The first-order valence-electron chi connectivity index (χ1n) is 4.77. The number of benzene rings is 1. The number of rotatable bonds is 1. The smallest absolute Gasteiger partial charge is 0.258 e. The Morgan fingerprint density at radius 1 is 1.38 bits per heavy atom. The number of H-pyrrole nitrogens is 1. The minimum atomic E-state index is -1.14. The minimum absolute atomic E-state index is 0.283. The molecule has 1 aromatic carbocycles. The van der Waals surface area contributed by atoms with Gasteiger partial charge in [-0.3, -0.25) is 4.79 Å². The zero-order valence-corrected chi connectivity index (χ0v) is 8.55. The van der Waals surface area contributed by atoms with Crippen molar-refractivity contribution >= 4 is 10.8 Å². The summed E-state index contributed by atoms with van der Waals surface area (Å²) >= 11 is 0. The molecule has 1 heterocycles. The second-order valence-corrected chi connectivity index (χ2v) is 3.65. The van der Waals surface area contributed by atoms with Crippen LogP contribution in [0.3, 0.4) is 0 Å². The van der Waals surface area contributed by atoms with Crippen molar-refractivity contribution in [2.75, 3.05) is 0 Å². The Morgan fingerprint density at radius 3 is 2.69 bits per heavy atom. The molecule has 1 aromatic heterocycles. The number of nitrogens with two attached hydrogens (primary N) is 1. The van der Waals surface area contributed by atoms with Crippen LogP contribution in [0.1, 0.15) is 18.5 Å². The van der Waals surface area contributed by atoms with Gasteiger partial charge in [0.2, 0.25) is 0 Å². The number of halogens is 2. The fourth-order valence-electron chi connectivity index (χ4n) is 1.68. The van der Waals surface area contributed by atoms with E-state index in [0.717, 1.165) is 6.07 Å². The van der Waals surface area contributed by atoms with E-state index in [2.05, 4.69) is 4.98 Å². The lowest BCUT2D eigenvalue weighted by atomic mass is 10.0. The Balaban J connectivity index is 2.98. The Labute approximate surface area is 89.9 Å². The number of aromatic nitrogens is 1. The normalized spacial score (nSPS) is 13.0. The standard InChI is InChI=1S/C11H10F2N2O/c1-5(14)7-4-15-11(16)9-6(7)2-3-8(12)10(9)13/h2-5H,14H2,1H3,(H,15,16). The molecule has 0 fully saturated rings. The van der Waals surface area contributed by atoms with Gasteiger partial charge in [0.25, 0.3) is 5.56 Å². The summed E-state index contributed by atoms with van der Waals surface area (Å²) in [6.45, 7) is 1.70. The highest BCUT2D eigenvalue weighted by Gasteiger charge is 2.14. The zero-order chi connectivity index (χ0) is 11.9. The van der Waals surface area contributed by atoms with Crippen molar-refractivity contribution in [2.24, 2.45) is 5.73 Å². The van der Waals surface area contributed by atoms with Gasteiger partial charge >= 0.3 is 0 Å². The summed E-state index contributed by atoms with van der Waals surface area (Å²) in [7, 11) is 0. The topological polar surface area (TPSA) is 58.9 Å². The van der Waals surface area contributed by atoms with Gasteiger partial charge in [-0.25, -0.2) is 8.78 Å². The van der Waals surface area contributed by atoms with Crippen molar-refractivity contribution in [1.82, 2.24) is 4.98 Å². The van der Waals surface area contributed by atoms with Gasteiger partial charge in [0.05, 0.1) is 5.39 Å². The predicted octanol–water partition coefficient (Wildman–Crippen LogP) is 1.83. The number of nitrogens with one attached hydrogen (secondary N) is 1. The lowest BCUT2D eigenvalue weighted by molar-refractivity contribution is 0.516. The molecule has 0 radical (unpaired) electrons. The molecule has 3 nitrogen and oxygen atoms in total. The molecule has 0 saturated carbocycles. The Bertz CT molecular complexity index is 605. The maximum atomic E-state index is 13.5. The maximum Gasteiger partial charge on any atom is 0.258 e. The number of aromatic amines is 1. The van der Waals surface area contributed by atoms with E-state index in [0.29, 0.717) is 10.9 Å². The molecule has 16 heavy (non-hydrogen) atoms. The summed E-state index contributed by atoms with van der Waals surface area (Å²) in [4.78, 5) is 13.8. The Morgan fingerprint density at radius 2 is 2.06 bits per heavy atom. The molecular weight excluding hydrogens is 214 g/mol. The molecule has 0 spiro atoms. The second-order valence-electron chi connectivity index (χ2n) is 3.65. The van der Waals surface area contributed by atoms with Crippen LogP contribution in [0.15, 0.2) is 23.1 Å². The third-order valence-electron chi connectivity index (χ3n) is 2.48. The minimum Gasteiger partial charge on any atom is -0.328 e. The van der Waals surface area contributed by atoms with Gasteiger partial charge in [0.1, 0.15) is 0 Å². The molecule has 5 heteroatoms. The SMILES string of the molecule is CC(N)c1c[nH]c(=O)c2c(F)c(F)ccc12. The van der Waals surface area contributed by atoms with Crippen LogP contribution in [0.5, 0.6) is 0 Å². The van der Waals surface area contributed by atoms with Gasteiger partial charge in [0, 0.05) is 12.2 Å². The fraction of sp³-hybridized carbons (Fsp3) is 0.182. The largest absolute Gasteiger partial charge is 0.328 e. The quantitative estimate of drug-likeness (QED) is 0.776. The van der Waals surface area contributed by atoms with Crippen molar-refractivity contribution in [3.63, 3.8) is 0 Å². The van der Waals surface area contributed by atoms with E-state index in [-0.39, 0.29) is 11.4 Å². The van der Waals surface area contributed by atoms with Crippen LogP contribution in [-0.4, -0.2) is 4.98 Å². The molecule has 0 bridgehead atoms. The van der Waals surface area contributed by atoms with E-state index in [1.165, 1.54) is 12.3 Å². The third-order valence-corrected chi connectivity index (χ3v) is 2.48. The predicted molar refractivity (Wildman–Crippen MR) is 57.1 cm³/mol. The number of pyridine rings is 1. The van der Waals surface area contributed by atoms with Gasteiger partial charge in [-0.1, -0.05) is 6.07 Å². The Kier molecular flexibility index (Phi) is 2.47. The summed E-state index contributed by atoms with van der Waals surface area (Å²) in [5.74, 6) is -2.18. The summed E-state index contributed by atoms with van der Waals surface area (Å²) in [5.41, 5.74) is 5.60. The second kappa shape index (κ2) is 3.68. The van der Waals surface area contributed by atoms with Gasteiger partial charge in [-0.15, -0.1) is 0 Å². The molecule has 2 aromatic rings. The van der Waals surface area contributed by atoms with Crippen LogP contribution in [0.2, 0.25) is 0 Å². The van der Waals surface area contributed by atoms with Crippen LogP contribution in [-0.2, 0) is 0 Å². The molecular formula is C11H10F2N2O. The van der Waals surface area contributed by atoms with Gasteiger partial charge < -0.3 is 10.7 Å². The van der Waals surface area contributed by atoms with E-state index in [1.54, 1.807) is 6.92 Å². The molecule has 0 saturated heterocycles. The van der Waals surface area contributed by atoms with Crippen LogP contribution < -0.4 is 11.3 Å². The van der Waals surface area contributed by atoms with Crippen LogP contribution in [0.4, 0.5) is 8.78 Å². The first kappa shape index (κ1) is 10.8.